The summed E-state index contributed by atoms with van der Waals surface area (Å²) in [5.41, 5.74) is 12.4. The van der Waals surface area contributed by atoms with E-state index in [9.17, 15) is 0 Å². The predicted molar refractivity (Wildman–Crippen MR) is 182 cm³/mol. The summed E-state index contributed by atoms with van der Waals surface area (Å²) in [6.07, 6.45) is 20.2. The van der Waals surface area contributed by atoms with Crippen LogP contribution < -0.4 is 0 Å². The van der Waals surface area contributed by atoms with Crippen LogP contribution in [0.4, 0.5) is 0 Å². The van der Waals surface area contributed by atoms with Crippen molar-refractivity contribution in [2.75, 3.05) is 0 Å². The average molecular weight is 581 g/mol. The zero-order valence-corrected chi connectivity index (χ0v) is 24.5. The van der Waals surface area contributed by atoms with Gasteiger partial charge in [-0.25, -0.2) is 0 Å². The lowest BCUT2D eigenvalue weighted by molar-refractivity contribution is 0.653. The molecule has 0 fully saturated rings. The van der Waals surface area contributed by atoms with Crippen molar-refractivity contribution in [3.63, 3.8) is 0 Å². The van der Waals surface area contributed by atoms with Crippen LogP contribution in [0.5, 0.6) is 0 Å². The molecule has 0 saturated carbocycles. The zero-order chi connectivity index (χ0) is 29.7. The maximum absolute atomic E-state index is 4.66. The number of fused-ring (bicyclic) bond motifs is 6. The molecule has 6 heteroatoms. The molecule has 0 bridgehead atoms. The van der Waals surface area contributed by atoms with Gasteiger partial charge in [-0.05, 0) is 90.1 Å². The van der Waals surface area contributed by atoms with Crippen LogP contribution in [-0.4, -0.2) is 29.1 Å². The molecule has 0 N–H and O–H groups in total. The number of nitrogens with zero attached hydrogens (tertiary/aromatic N) is 6. The van der Waals surface area contributed by atoms with Crippen molar-refractivity contribution in [2.24, 2.45) is 5.92 Å². The molecule has 1 atom stereocenters. The average Bonchev–Trinajstić information content (AvgIpc) is 3.62. The van der Waals surface area contributed by atoms with Gasteiger partial charge in [0.25, 0.3) is 0 Å². The van der Waals surface area contributed by atoms with Gasteiger partial charge in [-0.2, -0.15) is 0 Å². The molecule has 2 aromatic carbocycles. The Balaban J connectivity index is 0.933. The maximum atomic E-state index is 4.66. The van der Waals surface area contributed by atoms with Gasteiger partial charge in [-0.1, -0.05) is 48.6 Å². The quantitative estimate of drug-likeness (QED) is 0.204. The third-order valence-corrected chi connectivity index (χ3v) is 8.98. The third-order valence-electron chi connectivity index (χ3n) is 8.98. The Morgan fingerprint density at radius 2 is 1.20 bits per heavy atom. The van der Waals surface area contributed by atoms with Crippen molar-refractivity contribution < 1.29 is 0 Å². The van der Waals surface area contributed by atoms with E-state index in [0.29, 0.717) is 5.92 Å². The van der Waals surface area contributed by atoms with E-state index in [2.05, 4.69) is 114 Å². The van der Waals surface area contributed by atoms with Crippen LogP contribution in [0.15, 0.2) is 140 Å². The normalized spacial score (nSPS) is 14.9. The zero-order valence-electron chi connectivity index (χ0n) is 24.5. The molecule has 1 aliphatic rings. The standard InChI is InChI=1S/C39H28N6/c1-3-34-38(42-19-1)32-17-21-40-24-36(32)44(34)30-13-7-27(8-14-30)23-26-5-9-28(10-6-26)29-11-15-31(16-12-29)45-35-4-2-20-43-39(35)33-18-22-41-25-37(33)45/h1-7,9-22,24-25,27H,8,23H2. The number of rotatable bonds is 5. The van der Waals surface area contributed by atoms with E-state index in [0.717, 1.165) is 62.4 Å². The highest BCUT2D eigenvalue weighted by Crippen LogP contribution is 2.34. The molecule has 1 aliphatic carbocycles. The summed E-state index contributed by atoms with van der Waals surface area (Å²) in [4.78, 5) is 18.1. The number of pyridine rings is 4. The van der Waals surface area contributed by atoms with Crippen LogP contribution >= 0.6 is 0 Å². The number of hydrogen-bond acceptors (Lipinski definition) is 4. The summed E-state index contributed by atoms with van der Waals surface area (Å²) in [5, 5.41) is 2.24. The van der Waals surface area contributed by atoms with Crippen LogP contribution in [0, 0.1) is 5.92 Å². The monoisotopic (exact) mass is 580 g/mol. The third kappa shape index (κ3) is 4.25. The first-order valence-electron chi connectivity index (χ1n) is 15.3. The Labute approximate surface area is 259 Å². The number of benzene rings is 2. The smallest absolute Gasteiger partial charge is 0.0964 e. The van der Waals surface area contributed by atoms with Gasteiger partial charge in [-0.3, -0.25) is 19.9 Å². The molecule has 9 rings (SSSR count). The van der Waals surface area contributed by atoms with Crippen LogP contribution in [0.1, 0.15) is 12.0 Å². The van der Waals surface area contributed by atoms with Crippen molar-refractivity contribution in [3.8, 4) is 16.8 Å². The van der Waals surface area contributed by atoms with Gasteiger partial charge in [0.1, 0.15) is 0 Å². The van der Waals surface area contributed by atoms with E-state index in [1.807, 2.05) is 55.4 Å². The summed E-state index contributed by atoms with van der Waals surface area (Å²) in [6, 6.07) is 30.1. The molecule has 8 aromatic rings. The Bertz CT molecular complexity index is 2320. The Hall–Kier alpha value is -5.88. The molecule has 0 spiro atoms. The van der Waals surface area contributed by atoms with Crippen molar-refractivity contribution in [1.82, 2.24) is 29.1 Å². The molecule has 6 aromatic heterocycles. The molecule has 1 unspecified atom stereocenters. The van der Waals surface area contributed by atoms with Gasteiger partial charge in [0.15, 0.2) is 0 Å². The lowest BCUT2D eigenvalue weighted by atomic mass is 9.91. The fraction of sp³-hybridized carbons (Fsp3) is 0.0769. The lowest BCUT2D eigenvalue weighted by Gasteiger charge is -2.18. The van der Waals surface area contributed by atoms with E-state index in [-0.39, 0.29) is 0 Å². The van der Waals surface area contributed by atoms with Crippen LogP contribution in [0.2, 0.25) is 0 Å². The van der Waals surface area contributed by atoms with Crippen molar-refractivity contribution in [3.05, 3.63) is 146 Å². The summed E-state index contributed by atoms with van der Waals surface area (Å²) < 4.78 is 4.52. The molecule has 0 aliphatic heterocycles. The Kier molecular flexibility index (Phi) is 5.91. The van der Waals surface area contributed by atoms with E-state index in [1.165, 1.54) is 22.4 Å². The van der Waals surface area contributed by atoms with Gasteiger partial charge >= 0.3 is 0 Å². The number of hydrogen-bond donors (Lipinski definition) is 0. The van der Waals surface area contributed by atoms with Gasteiger partial charge in [0.05, 0.1) is 45.5 Å². The first-order chi connectivity index (χ1) is 22.3. The van der Waals surface area contributed by atoms with Crippen molar-refractivity contribution >= 4 is 49.6 Å². The minimum atomic E-state index is 0.457. The van der Waals surface area contributed by atoms with Gasteiger partial charge in [0, 0.05) is 46.9 Å². The first kappa shape index (κ1) is 25.6. The van der Waals surface area contributed by atoms with E-state index in [4.69, 9.17) is 0 Å². The molecule has 6 nitrogen and oxygen atoms in total. The van der Waals surface area contributed by atoms with Gasteiger partial charge < -0.3 is 9.13 Å². The van der Waals surface area contributed by atoms with Crippen molar-refractivity contribution in [2.45, 2.75) is 12.8 Å². The summed E-state index contributed by atoms with van der Waals surface area (Å²) in [5.74, 6) is 0.457. The number of allylic oxidation sites excluding steroid dienone is 4. The second-order valence-corrected chi connectivity index (χ2v) is 11.6. The molecule has 45 heavy (non-hydrogen) atoms. The highest BCUT2D eigenvalue weighted by Gasteiger charge is 2.17. The molecule has 6 heterocycles. The minimum Gasteiger partial charge on any atom is -0.306 e. The number of aromatic nitrogens is 6. The van der Waals surface area contributed by atoms with Crippen molar-refractivity contribution in [1.29, 1.82) is 0 Å². The van der Waals surface area contributed by atoms with E-state index < -0.39 is 0 Å². The van der Waals surface area contributed by atoms with Crippen LogP contribution in [0.25, 0.3) is 66.4 Å². The maximum Gasteiger partial charge on any atom is 0.0964 e. The topological polar surface area (TPSA) is 61.4 Å². The fourth-order valence-electron chi connectivity index (χ4n) is 6.82. The SMILES string of the molecule is C1=CC(Cc2ccc(-c3ccc(-n4c5cnccc5c5ncccc54)cc3)cc2)CC=C1n1c2cnccc2c2ncccc21. The molecule has 0 radical (unpaired) electrons. The summed E-state index contributed by atoms with van der Waals surface area (Å²) in [6.45, 7) is 0. The predicted octanol–water partition coefficient (Wildman–Crippen LogP) is 8.80. The largest absolute Gasteiger partial charge is 0.306 e. The second kappa shape index (κ2) is 10.4. The molecule has 0 amide bonds. The second-order valence-electron chi connectivity index (χ2n) is 11.6. The fourth-order valence-corrected chi connectivity index (χ4v) is 6.82. The molecule has 214 valence electrons. The minimum absolute atomic E-state index is 0.457. The summed E-state index contributed by atoms with van der Waals surface area (Å²) >= 11 is 0. The van der Waals surface area contributed by atoms with Gasteiger partial charge in [0.2, 0.25) is 0 Å². The highest BCUT2D eigenvalue weighted by atomic mass is 15.0. The molecular formula is C39H28N6. The lowest BCUT2D eigenvalue weighted by Crippen LogP contribution is -2.06. The van der Waals surface area contributed by atoms with Gasteiger partial charge in [-0.15, -0.1) is 0 Å². The van der Waals surface area contributed by atoms with E-state index in [1.54, 1.807) is 0 Å². The Morgan fingerprint density at radius 3 is 1.82 bits per heavy atom. The molecular weight excluding hydrogens is 552 g/mol. The Morgan fingerprint density at radius 1 is 0.600 bits per heavy atom. The van der Waals surface area contributed by atoms with Crippen LogP contribution in [-0.2, 0) is 6.42 Å². The van der Waals surface area contributed by atoms with E-state index >= 15 is 0 Å². The highest BCUT2D eigenvalue weighted by molar-refractivity contribution is 6.08. The first-order valence-corrected chi connectivity index (χ1v) is 15.3. The molecule has 0 saturated heterocycles. The summed E-state index contributed by atoms with van der Waals surface area (Å²) in [7, 11) is 0. The van der Waals surface area contributed by atoms with Crippen LogP contribution in [0.3, 0.4) is 0 Å².